The second kappa shape index (κ2) is 10.4. The monoisotopic (exact) mass is 473 g/mol. The Morgan fingerprint density at radius 2 is 1.94 bits per heavy atom. The fourth-order valence-electron chi connectivity index (χ4n) is 3.71. The fraction of sp³-hybridized carbons (Fsp3) is 0.348. The molecule has 0 radical (unpaired) electrons. The summed E-state index contributed by atoms with van der Waals surface area (Å²) in [6.45, 7) is 1.16. The van der Waals surface area contributed by atoms with Gasteiger partial charge in [0.1, 0.15) is 11.6 Å². The maximum absolute atomic E-state index is 12.4. The van der Waals surface area contributed by atoms with Crippen LogP contribution in [0.3, 0.4) is 0 Å². The lowest BCUT2D eigenvalue weighted by atomic mass is 10.1. The van der Waals surface area contributed by atoms with E-state index in [1.54, 1.807) is 26.4 Å². The molecule has 1 atom stereocenters. The number of nitrogen functional groups attached to an aromatic ring is 1. The minimum absolute atomic E-state index is 0. The van der Waals surface area contributed by atoms with E-state index in [-0.39, 0.29) is 18.3 Å². The van der Waals surface area contributed by atoms with Crippen molar-refractivity contribution >= 4 is 41.0 Å². The summed E-state index contributed by atoms with van der Waals surface area (Å²) in [4.78, 5) is 23.4. The van der Waals surface area contributed by atoms with Crippen LogP contribution in [0.2, 0.25) is 0 Å². The molecule has 1 aliphatic heterocycles. The van der Waals surface area contributed by atoms with Gasteiger partial charge in [-0.05, 0) is 24.1 Å². The average molecular weight is 474 g/mol. The highest BCUT2D eigenvalue weighted by molar-refractivity contribution is 5.91. The van der Waals surface area contributed by atoms with E-state index in [1.165, 1.54) is 0 Å². The van der Waals surface area contributed by atoms with Crippen LogP contribution >= 0.6 is 12.4 Å². The Labute approximate surface area is 198 Å². The first-order chi connectivity index (χ1) is 15.5. The number of amides is 1. The molecule has 3 aromatic rings. The number of carbonyl (C=O) groups is 1. The standard InChI is InChI=1S/C23H27N5O4.ClH/c1-28(10-6-9-25-22(29)20-11-14-7-4-5-8-17(14)32-20)23-26-16-13-19(31-3)18(30-2)12-15(16)21(24)27-23;/h4-5,7-8,12-13,20H,6,9-11H2,1-3H3,(H,25,29)(H2,24,26,27);1H. The van der Waals surface area contributed by atoms with E-state index in [9.17, 15) is 4.79 Å². The summed E-state index contributed by atoms with van der Waals surface area (Å²) in [7, 11) is 5.03. The van der Waals surface area contributed by atoms with Crippen molar-refractivity contribution in [1.82, 2.24) is 15.3 Å². The summed E-state index contributed by atoms with van der Waals surface area (Å²) in [6, 6.07) is 11.3. The SMILES string of the molecule is COc1cc2nc(N(C)CCCNC(=O)C3Cc4ccccc4O3)nc(N)c2cc1OC.Cl. The third-order valence-electron chi connectivity index (χ3n) is 5.47. The highest BCUT2D eigenvalue weighted by Crippen LogP contribution is 2.34. The van der Waals surface area contributed by atoms with Gasteiger partial charge in [-0.3, -0.25) is 4.79 Å². The molecule has 0 fully saturated rings. The number of methoxy groups -OCH3 is 2. The number of fused-ring (bicyclic) bond motifs is 2. The molecule has 4 rings (SSSR count). The van der Waals surface area contributed by atoms with Crippen molar-refractivity contribution in [3.63, 3.8) is 0 Å². The summed E-state index contributed by atoms with van der Waals surface area (Å²) >= 11 is 0. The number of para-hydroxylation sites is 1. The number of halogens is 1. The lowest BCUT2D eigenvalue weighted by Gasteiger charge is -2.19. The van der Waals surface area contributed by atoms with Crippen molar-refractivity contribution in [1.29, 1.82) is 0 Å². The first-order valence-electron chi connectivity index (χ1n) is 10.4. The molecule has 0 spiro atoms. The number of hydrogen-bond acceptors (Lipinski definition) is 8. The van der Waals surface area contributed by atoms with Crippen LogP contribution in [0.25, 0.3) is 10.9 Å². The number of ether oxygens (including phenoxy) is 3. The average Bonchev–Trinajstić information content (AvgIpc) is 3.25. The van der Waals surface area contributed by atoms with Crippen LogP contribution in [-0.2, 0) is 11.2 Å². The van der Waals surface area contributed by atoms with Crippen molar-refractivity contribution < 1.29 is 19.0 Å². The summed E-state index contributed by atoms with van der Waals surface area (Å²) in [5.74, 6) is 2.70. The normalized spacial score (nSPS) is 14.1. The molecular weight excluding hydrogens is 446 g/mol. The van der Waals surface area contributed by atoms with Gasteiger partial charge in [-0.2, -0.15) is 4.98 Å². The molecule has 10 heteroatoms. The summed E-state index contributed by atoms with van der Waals surface area (Å²) in [5, 5.41) is 3.65. The second-order valence-corrected chi connectivity index (χ2v) is 7.62. The first-order valence-corrected chi connectivity index (χ1v) is 10.4. The Balaban J connectivity index is 0.00000306. The van der Waals surface area contributed by atoms with Gasteiger partial charge < -0.3 is 30.2 Å². The van der Waals surface area contributed by atoms with Crippen molar-refractivity contribution in [2.45, 2.75) is 18.9 Å². The van der Waals surface area contributed by atoms with E-state index in [4.69, 9.17) is 19.9 Å². The predicted molar refractivity (Wildman–Crippen MR) is 130 cm³/mol. The molecule has 2 aromatic carbocycles. The van der Waals surface area contributed by atoms with Crippen molar-refractivity contribution in [2.75, 3.05) is 45.0 Å². The minimum Gasteiger partial charge on any atom is -0.493 e. The van der Waals surface area contributed by atoms with Crippen molar-refractivity contribution in [3.8, 4) is 17.2 Å². The molecule has 0 saturated carbocycles. The molecule has 176 valence electrons. The molecule has 3 N–H and O–H groups in total. The maximum Gasteiger partial charge on any atom is 0.261 e. The van der Waals surface area contributed by atoms with Crippen molar-refractivity contribution in [3.05, 3.63) is 42.0 Å². The lowest BCUT2D eigenvalue weighted by molar-refractivity contribution is -0.127. The van der Waals surface area contributed by atoms with Gasteiger partial charge in [0.25, 0.3) is 5.91 Å². The van der Waals surface area contributed by atoms with E-state index in [0.29, 0.717) is 53.7 Å². The summed E-state index contributed by atoms with van der Waals surface area (Å²) in [6.07, 6.45) is 0.843. The van der Waals surface area contributed by atoms with Crippen LogP contribution in [0, 0.1) is 0 Å². The van der Waals surface area contributed by atoms with Crippen molar-refractivity contribution in [2.24, 2.45) is 0 Å². The Kier molecular flexibility index (Phi) is 7.65. The molecule has 1 aromatic heterocycles. The number of anilines is 2. The Bertz CT molecular complexity index is 1120. The fourth-order valence-corrected chi connectivity index (χ4v) is 3.71. The van der Waals surface area contributed by atoms with Gasteiger partial charge in [0.15, 0.2) is 17.6 Å². The van der Waals surface area contributed by atoms with Gasteiger partial charge in [0, 0.05) is 38.0 Å². The number of nitrogens with two attached hydrogens (primary N) is 1. The Morgan fingerprint density at radius 3 is 2.67 bits per heavy atom. The number of rotatable bonds is 8. The molecule has 2 heterocycles. The number of nitrogens with zero attached hydrogens (tertiary/aromatic N) is 3. The number of benzene rings is 2. The van der Waals surface area contributed by atoms with E-state index >= 15 is 0 Å². The zero-order valence-corrected chi connectivity index (χ0v) is 19.6. The van der Waals surface area contributed by atoms with Crippen LogP contribution in [0.1, 0.15) is 12.0 Å². The van der Waals surface area contributed by atoms with Gasteiger partial charge in [-0.25, -0.2) is 4.98 Å². The number of nitrogens with one attached hydrogen (secondary N) is 1. The molecular formula is C23H28ClN5O4. The van der Waals surface area contributed by atoms with E-state index < -0.39 is 6.10 Å². The van der Waals surface area contributed by atoms with E-state index in [0.717, 1.165) is 17.7 Å². The van der Waals surface area contributed by atoms with Gasteiger partial charge in [-0.15, -0.1) is 12.4 Å². The van der Waals surface area contributed by atoms with Gasteiger partial charge in [0.05, 0.1) is 19.7 Å². The Morgan fingerprint density at radius 1 is 1.21 bits per heavy atom. The van der Waals surface area contributed by atoms with E-state index in [1.807, 2.05) is 36.2 Å². The molecule has 1 aliphatic rings. The smallest absolute Gasteiger partial charge is 0.261 e. The molecule has 1 unspecified atom stereocenters. The number of aromatic nitrogens is 2. The van der Waals surface area contributed by atoms with Crippen LogP contribution in [0.5, 0.6) is 17.2 Å². The quantitative estimate of drug-likeness (QED) is 0.480. The highest BCUT2D eigenvalue weighted by atomic mass is 35.5. The van der Waals surface area contributed by atoms with Crippen LogP contribution < -0.4 is 30.2 Å². The molecule has 0 saturated heterocycles. The number of hydrogen-bond donors (Lipinski definition) is 2. The van der Waals surface area contributed by atoms with Crippen LogP contribution in [0.15, 0.2) is 36.4 Å². The third-order valence-corrected chi connectivity index (χ3v) is 5.47. The van der Waals surface area contributed by atoms with Gasteiger partial charge >= 0.3 is 0 Å². The van der Waals surface area contributed by atoms with Gasteiger partial charge in [0.2, 0.25) is 5.95 Å². The molecule has 1 amide bonds. The third kappa shape index (κ3) is 5.14. The molecule has 0 aliphatic carbocycles. The zero-order valence-electron chi connectivity index (χ0n) is 18.8. The molecule has 9 nitrogen and oxygen atoms in total. The maximum atomic E-state index is 12.4. The van der Waals surface area contributed by atoms with Gasteiger partial charge in [-0.1, -0.05) is 18.2 Å². The Hall–Kier alpha value is -3.46. The lowest BCUT2D eigenvalue weighted by Crippen LogP contribution is -2.38. The second-order valence-electron chi connectivity index (χ2n) is 7.62. The predicted octanol–water partition coefficient (Wildman–Crippen LogP) is 2.60. The van der Waals surface area contributed by atoms with Crippen LogP contribution in [-0.4, -0.2) is 56.3 Å². The summed E-state index contributed by atoms with van der Waals surface area (Å²) < 4.78 is 16.4. The molecule has 33 heavy (non-hydrogen) atoms. The summed E-state index contributed by atoms with van der Waals surface area (Å²) in [5.41, 5.74) is 7.90. The topological polar surface area (TPSA) is 112 Å². The first kappa shape index (κ1) is 24.2. The van der Waals surface area contributed by atoms with E-state index in [2.05, 4.69) is 15.3 Å². The minimum atomic E-state index is -0.472. The number of carbonyl (C=O) groups excluding carboxylic acids is 1. The largest absolute Gasteiger partial charge is 0.493 e. The molecule has 0 bridgehead atoms. The zero-order chi connectivity index (χ0) is 22.7. The highest BCUT2D eigenvalue weighted by Gasteiger charge is 2.28. The van der Waals surface area contributed by atoms with Crippen LogP contribution in [0.4, 0.5) is 11.8 Å².